The zero-order chi connectivity index (χ0) is 17.8. The average molecular weight is 358 g/mol. The molecule has 128 valence electrons. The van der Waals surface area contributed by atoms with Crippen molar-refractivity contribution in [2.75, 3.05) is 13.7 Å². The molecule has 0 saturated carbocycles. The van der Waals surface area contributed by atoms with Gasteiger partial charge in [0.05, 0.1) is 13.7 Å². The zero-order valence-corrected chi connectivity index (χ0v) is 14.5. The number of rotatable bonds is 5. The first kappa shape index (κ1) is 17.0. The van der Waals surface area contributed by atoms with E-state index in [0.717, 1.165) is 5.56 Å². The molecule has 6 heteroatoms. The Labute approximate surface area is 150 Å². The SMILES string of the molecule is CCOc1cc(/C=C2\N=C(c3cccc(Cl)c3)OC2=O)ccc1OC. The Balaban J connectivity index is 1.93. The predicted molar refractivity (Wildman–Crippen MR) is 96.2 cm³/mol. The van der Waals surface area contributed by atoms with E-state index < -0.39 is 5.97 Å². The van der Waals surface area contributed by atoms with Gasteiger partial charge in [0.2, 0.25) is 5.90 Å². The van der Waals surface area contributed by atoms with Gasteiger partial charge in [-0.05, 0) is 48.9 Å². The maximum absolute atomic E-state index is 12.1. The van der Waals surface area contributed by atoms with E-state index in [4.69, 9.17) is 25.8 Å². The minimum Gasteiger partial charge on any atom is -0.493 e. The fourth-order valence-electron chi connectivity index (χ4n) is 2.36. The van der Waals surface area contributed by atoms with Gasteiger partial charge in [0.15, 0.2) is 17.2 Å². The lowest BCUT2D eigenvalue weighted by atomic mass is 10.1. The van der Waals surface area contributed by atoms with Crippen LogP contribution in [0.5, 0.6) is 11.5 Å². The number of aliphatic imine (C=N–C) groups is 1. The number of hydrogen-bond donors (Lipinski definition) is 0. The molecule has 0 spiro atoms. The number of carbonyl (C=O) groups excluding carboxylic acids is 1. The van der Waals surface area contributed by atoms with Crippen molar-refractivity contribution in [3.63, 3.8) is 0 Å². The molecule has 0 aromatic heterocycles. The highest BCUT2D eigenvalue weighted by Gasteiger charge is 2.24. The Morgan fingerprint density at radius 3 is 2.76 bits per heavy atom. The molecule has 2 aromatic rings. The number of cyclic esters (lactones) is 1. The van der Waals surface area contributed by atoms with E-state index in [1.807, 2.05) is 13.0 Å². The highest BCUT2D eigenvalue weighted by molar-refractivity contribution is 6.31. The van der Waals surface area contributed by atoms with Crippen LogP contribution in [0.2, 0.25) is 5.02 Å². The monoisotopic (exact) mass is 357 g/mol. The molecule has 0 amide bonds. The van der Waals surface area contributed by atoms with Crippen LogP contribution in [0.3, 0.4) is 0 Å². The maximum Gasteiger partial charge on any atom is 0.363 e. The van der Waals surface area contributed by atoms with Crippen LogP contribution in [0.4, 0.5) is 0 Å². The zero-order valence-electron chi connectivity index (χ0n) is 13.8. The van der Waals surface area contributed by atoms with Gasteiger partial charge in [-0.1, -0.05) is 23.7 Å². The van der Waals surface area contributed by atoms with Crippen molar-refractivity contribution >= 4 is 29.5 Å². The summed E-state index contributed by atoms with van der Waals surface area (Å²) in [6.07, 6.45) is 1.64. The van der Waals surface area contributed by atoms with Gasteiger partial charge in [0, 0.05) is 10.6 Å². The van der Waals surface area contributed by atoms with E-state index in [-0.39, 0.29) is 11.6 Å². The summed E-state index contributed by atoms with van der Waals surface area (Å²) in [6.45, 7) is 2.40. The number of halogens is 1. The standard InChI is InChI=1S/C19H16ClNO4/c1-3-24-17-10-12(7-8-16(17)23-2)9-15-19(22)25-18(21-15)13-5-4-6-14(20)11-13/h4-11H,3H2,1-2H3/b15-9-. The lowest BCUT2D eigenvalue weighted by Crippen LogP contribution is -2.05. The average Bonchev–Trinajstić information content (AvgIpc) is 2.96. The van der Waals surface area contributed by atoms with Crippen molar-refractivity contribution in [2.45, 2.75) is 6.92 Å². The van der Waals surface area contributed by atoms with Crippen molar-refractivity contribution in [1.29, 1.82) is 0 Å². The van der Waals surface area contributed by atoms with Gasteiger partial charge >= 0.3 is 5.97 Å². The third-order valence-corrected chi connectivity index (χ3v) is 3.72. The van der Waals surface area contributed by atoms with Gasteiger partial charge in [0.1, 0.15) is 0 Å². The number of benzene rings is 2. The van der Waals surface area contributed by atoms with Crippen LogP contribution < -0.4 is 9.47 Å². The quantitative estimate of drug-likeness (QED) is 0.597. The van der Waals surface area contributed by atoms with Crippen LogP contribution in [0.15, 0.2) is 53.2 Å². The molecule has 0 saturated heterocycles. The van der Waals surface area contributed by atoms with Crippen molar-refractivity contribution in [3.05, 3.63) is 64.3 Å². The van der Waals surface area contributed by atoms with Gasteiger partial charge in [-0.15, -0.1) is 0 Å². The Morgan fingerprint density at radius 2 is 2.04 bits per heavy atom. The molecule has 1 heterocycles. The van der Waals surface area contributed by atoms with Crippen LogP contribution >= 0.6 is 11.6 Å². The highest BCUT2D eigenvalue weighted by atomic mass is 35.5. The van der Waals surface area contributed by atoms with Gasteiger partial charge in [-0.25, -0.2) is 9.79 Å². The molecular formula is C19H16ClNO4. The van der Waals surface area contributed by atoms with Crippen LogP contribution in [-0.2, 0) is 9.53 Å². The molecule has 0 aliphatic carbocycles. The second kappa shape index (κ2) is 7.40. The summed E-state index contributed by atoms with van der Waals surface area (Å²) in [5.74, 6) is 0.951. The van der Waals surface area contributed by atoms with Crippen molar-refractivity contribution < 1.29 is 19.0 Å². The number of carbonyl (C=O) groups is 1. The minimum atomic E-state index is -0.510. The first-order valence-electron chi connectivity index (χ1n) is 7.70. The van der Waals surface area contributed by atoms with Gasteiger partial charge in [-0.3, -0.25) is 0 Å². The summed E-state index contributed by atoms with van der Waals surface area (Å²) in [7, 11) is 1.58. The van der Waals surface area contributed by atoms with E-state index in [0.29, 0.717) is 28.7 Å². The topological polar surface area (TPSA) is 57.1 Å². The number of hydrogen-bond acceptors (Lipinski definition) is 5. The summed E-state index contributed by atoms with van der Waals surface area (Å²) < 4.78 is 16.0. The summed E-state index contributed by atoms with van der Waals surface area (Å²) in [5.41, 5.74) is 1.61. The molecule has 0 radical (unpaired) electrons. The van der Waals surface area contributed by atoms with Crippen LogP contribution in [0.25, 0.3) is 6.08 Å². The normalized spacial score (nSPS) is 15.1. The van der Waals surface area contributed by atoms with Crippen molar-refractivity contribution in [3.8, 4) is 11.5 Å². The van der Waals surface area contributed by atoms with Gasteiger partial charge < -0.3 is 14.2 Å². The van der Waals surface area contributed by atoms with Crippen LogP contribution in [0.1, 0.15) is 18.1 Å². The number of nitrogens with zero attached hydrogens (tertiary/aromatic N) is 1. The van der Waals surface area contributed by atoms with Crippen LogP contribution in [0, 0.1) is 0 Å². The summed E-state index contributed by atoms with van der Waals surface area (Å²) >= 11 is 5.97. The van der Waals surface area contributed by atoms with E-state index in [1.165, 1.54) is 0 Å². The molecule has 1 aliphatic heterocycles. The Kier molecular flexibility index (Phi) is 5.05. The summed E-state index contributed by atoms with van der Waals surface area (Å²) in [5, 5.41) is 0.546. The van der Waals surface area contributed by atoms with Gasteiger partial charge in [0.25, 0.3) is 0 Å². The van der Waals surface area contributed by atoms with Crippen LogP contribution in [-0.4, -0.2) is 25.6 Å². The highest BCUT2D eigenvalue weighted by Crippen LogP contribution is 2.29. The molecule has 5 nitrogen and oxygen atoms in total. The second-order valence-corrected chi connectivity index (χ2v) is 5.63. The molecule has 3 rings (SSSR count). The lowest BCUT2D eigenvalue weighted by molar-refractivity contribution is -0.129. The van der Waals surface area contributed by atoms with E-state index in [2.05, 4.69) is 4.99 Å². The third-order valence-electron chi connectivity index (χ3n) is 3.48. The number of methoxy groups -OCH3 is 1. The number of ether oxygens (including phenoxy) is 3. The molecule has 0 N–H and O–H groups in total. The molecular weight excluding hydrogens is 342 g/mol. The van der Waals surface area contributed by atoms with E-state index in [9.17, 15) is 4.79 Å². The summed E-state index contributed by atoms with van der Waals surface area (Å²) in [4.78, 5) is 16.4. The van der Waals surface area contributed by atoms with Gasteiger partial charge in [-0.2, -0.15) is 0 Å². The maximum atomic E-state index is 12.1. The Bertz CT molecular complexity index is 873. The largest absolute Gasteiger partial charge is 0.493 e. The smallest absolute Gasteiger partial charge is 0.363 e. The second-order valence-electron chi connectivity index (χ2n) is 5.19. The first-order chi connectivity index (χ1) is 12.1. The molecule has 0 atom stereocenters. The molecule has 0 fully saturated rings. The van der Waals surface area contributed by atoms with E-state index in [1.54, 1.807) is 49.6 Å². The third kappa shape index (κ3) is 3.83. The Hall–Kier alpha value is -2.79. The Morgan fingerprint density at radius 1 is 1.20 bits per heavy atom. The van der Waals surface area contributed by atoms with Crippen molar-refractivity contribution in [1.82, 2.24) is 0 Å². The fraction of sp³-hybridized carbons (Fsp3) is 0.158. The molecule has 2 aromatic carbocycles. The number of esters is 1. The predicted octanol–water partition coefficient (Wildman–Crippen LogP) is 4.09. The minimum absolute atomic E-state index is 0.211. The first-order valence-corrected chi connectivity index (χ1v) is 8.08. The summed E-state index contributed by atoms with van der Waals surface area (Å²) in [6, 6.07) is 12.4. The molecule has 25 heavy (non-hydrogen) atoms. The molecule has 1 aliphatic rings. The fourth-order valence-corrected chi connectivity index (χ4v) is 2.55. The molecule has 0 unspecified atom stereocenters. The lowest BCUT2D eigenvalue weighted by Gasteiger charge is -2.09. The van der Waals surface area contributed by atoms with Crippen molar-refractivity contribution in [2.24, 2.45) is 4.99 Å². The molecule has 0 bridgehead atoms. The van der Waals surface area contributed by atoms with E-state index >= 15 is 0 Å².